The van der Waals surface area contributed by atoms with Crippen LogP contribution in [0.3, 0.4) is 0 Å². The van der Waals surface area contributed by atoms with Crippen molar-refractivity contribution in [3.63, 3.8) is 0 Å². The Kier molecular flexibility index (Phi) is 29.1. The van der Waals surface area contributed by atoms with E-state index in [2.05, 4.69) is 52.5 Å². The van der Waals surface area contributed by atoms with Gasteiger partial charge >= 0.3 is 11.9 Å². The van der Waals surface area contributed by atoms with Crippen LogP contribution in [0.2, 0.25) is 0 Å². The molecule has 0 aromatic heterocycles. The van der Waals surface area contributed by atoms with Crippen molar-refractivity contribution in [2.75, 3.05) is 31.6 Å². The van der Waals surface area contributed by atoms with Gasteiger partial charge in [-0.05, 0) is 80.2 Å². The number of carbonyl (C=O) groups is 10. The van der Waals surface area contributed by atoms with Gasteiger partial charge in [0.05, 0.1) is 19.0 Å². The molecule has 430 valence electrons. The molecule has 8 amide bonds. The first-order valence-electron chi connectivity index (χ1n) is 24.8. The monoisotopic (exact) mass is 1110 g/mol. The third kappa shape index (κ3) is 25.6. The quantitative estimate of drug-likeness (QED) is 0.0178. The summed E-state index contributed by atoms with van der Waals surface area (Å²) in [5, 5.41) is 49.3. The Hall–Kier alpha value is -8.21. The molecule has 0 radical (unpaired) electrons. The Bertz CT molecular complexity index is 2410. The largest absolute Gasteiger partial charge is 0.508 e. The van der Waals surface area contributed by atoms with Gasteiger partial charge in [0.25, 0.3) is 0 Å². The number of phenols is 1. The highest BCUT2D eigenvalue weighted by atomic mass is 32.2. The molecule has 0 heterocycles. The van der Waals surface area contributed by atoms with Crippen molar-refractivity contribution in [2.24, 2.45) is 44.6 Å². The standard InChI is InChI=1S/C49H75N15O13S/c1-26(2)39(47(76)77)64-43(72)33(18-21-78-4)60-44(73)35(22-28-10-6-5-7-11-28)62-46(75)36(24-38(67)68)63-45(74)34(23-29-14-16-30(65)17-15-29)61-40(69)27(3)58-37(66)25-57-42(71)32(13-9-20-56-49(53)54)59-41(70)31(50)12-8-19-55-48(51)52/h5-7,10-11,14-17,26-27,31-36,39,65H,8-9,12-13,18-25,50H2,1-4H3,(H,57,71)(H,58,66)(H,59,70)(H,60,73)(H,61,69)(H,62,75)(H,63,74)(H,64,72)(H,67,68)(H,76,77)(H4,51,52,55)(H4,53,54,56)/t27-,31-,32-,33-,34-,35-,36-,39-/m0/s1. The Labute approximate surface area is 455 Å². The fraction of sp³-hybridized carbons (Fsp3) is 0.510. The molecule has 0 spiro atoms. The van der Waals surface area contributed by atoms with E-state index in [1.807, 2.05) is 0 Å². The summed E-state index contributed by atoms with van der Waals surface area (Å²) in [6.07, 6.45) is 1.08. The maximum Gasteiger partial charge on any atom is 0.326 e. The van der Waals surface area contributed by atoms with Crippen LogP contribution in [-0.4, -0.2) is 166 Å². The molecule has 2 rings (SSSR count). The molecule has 78 heavy (non-hydrogen) atoms. The van der Waals surface area contributed by atoms with Gasteiger partial charge in [-0.25, -0.2) is 4.79 Å². The molecule has 0 aliphatic carbocycles. The number of rotatable bonds is 35. The van der Waals surface area contributed by atoms with Crippen LogP contribution in [0.1, 0.15) is 70.4 Å². The predicted molar refractivity (Wildman–Crippen MR) is 290 cm³/mol. The van der Waals surface area contributed by atoms with Crippen LogP contribution in [0.4, 0.5) is 0 Å². The number of carboxylic acids is 2. The predicted octanol–water partition coefficient (Wildman–Crippen LogP) is -3.89. The van der Waals surface area contributed by atoms with Crippen LogP contribution in [0.15, 0.2) is 64.6 Å². The maximum atomic E-state index is 14.2. The third-order valence-corrected chi connectivity index (χ3v) is 12.1. The zero-order valence-electron chi connectivity index (χ0n) is 44.0. The number of amides is 8. The molecule has 28 nitrogen and oxygen atoms in total. The van der Waals surface area contributed by atoms with Gasteiger partial charge in [0.2, 0.25) is 47.3 Å². The van der Waals surface area contributed by atoms with Gasteiger partial charge in [0, 0.05) is 25.9 Å². The van der Waals surface area contributed by atoms with E-state index in [1.165, 1.54) is 43.0 Å². The van der Waals surface area contributed by atoms with Crippen molar-refractivity contribution >= 4 is 82.9 Å². The molecule has 0 aliphatic heterocycles. The third-order valence-electron chi connectivity index (χ3n) is 11.5. The number of carbonyl (C=O) groups excluding carboxylic acids is 8. The smallest absolute Gasteiger partial charge is 0.326 e. The lowest BCUT2D eigenvalue weighted by Crippen LogP contribution is -2.60. The van der Waals surface area contributed by atoms with Crippen LogP contribution in [0, 0.1) is 5.92 Å². The number of carboxylic acid groups (broad SMARTS) is 2. The molecule has 0 saturated carbocycles. The van der Waals surface area contributed by atoms with E-state index in [1.54, 1.807) is 50.4 Å². The summed E-state index contributed by atoms with van der Waals surface area (Å²) in [5.74, 6) is -10.7. The number of benzene rings is 2. The van der Waals surface area contributed by atoms with E-state index in [0.29, 0.717) is 23.3 Å². The number of hydrogen-bond acceptors (Lipinski definition) is 15. The molecule has 0 fully saturated rings. The summed E-state index contributed by atoms with van der Waals surface area (Å²) in [5.41, 5.74) is 28.4. The van der Waals surface area contributed by atoms with Gasteiger partial charge in [-0.2, -0.15) is 11.8 Å². The first kappa shape index (κ1) is 65.9. The lowest BCUT2D eigenvalue weighted by atomic mass is 10.0. The normalized spacial score (nSPS) is 13.9. The number of thioether (sulfide) groups is 1. The summed E-state index contributed by atoms with van der Waals surface area (Å²) < 4.78 is 0. The fourth-order valence-electron chi connectivity index (χ4n) is 7.26. The van der Waals surface area contributed by atoms with E-state index in [0.717, 1.165) is 0 Å². The number of guanidine groups is 2. The van der Waals surface area contributed by atoms with Gasteiger partial charge in [-0.15, -0.1) is 0 Å². The summed E-state index contributed by atoms with van der Waals surface area (Å²) in [6.45, 7) is 4.06. The highest BCUT2D eigenvalue weighted by Crippen LogP contribution is 2.14. The summed E-state index contributed by atoms with van der Waals surface area (Å²) in [6, 6.07) is 2.66. The number of nitrogens with two attached hydrogens (primary N) is 5. The topological polar surface area (TPSA) is 482 Å². The number of aliphatic imine (C=N–C) groups is 2. The Morgan fingerprint density at radius 3 is 1.56 bits per heavy atom. The number of aliphatic carboxylic acids is 2. The minimum absolute atomic E-state index is 0.0220. The second kappa shape index (κ2) is 34.5. The molecule has 21 N–H and O–H groups in total. The number of nitrogens with zero attached hydrogens (tertiary/aromatic N) is 2. The van der Waals surface area contributed by atoms with Crippen LogP contribution in [-0.2, 0) is 60.8 Å². The number of aromatic hydroxyl groups is 1. The molecule has 8 atom stereocenters. The lowest BCUT2D eigenvalue weighted by Gasteiger charge is -2.27. The van der Waals surface area contributed by atoms with E-state index in [-0.39, 0.29) is 69.3 Å². The lowest BCUT2D eigenvalue weighted by molar-refractivity contribution is -0.143. The molecular formula is C49H75N15O13S. The Morgan fingerprint density at radius 2 is 1.04 bits per heavy atom. The van der Waals surface area contributed by atoms with Crippen LogP contribution in [0.25, 0.3) is 0 Å². The Morgan fingerprint density at radius 1 is 0.564 bits per heavy atom. The first-order chi connectivity index (χ1) is 36.8. The molecule has 0 bridgehead atoms. The number of nitrogens with one attached hydrogen (secondary N) is 8. The maximum absolute atomic E-state index is 14.2. The van der Waals surface area contributed by atoms with Crippen molar-refractivity contribution in [2.45, 2.75) is 120 Å². The van der Waals surface area contributed by atoms with Gasteiger partial charge < -0.3 is 86.5 Å². The highest BCUT2D eigenvalue weighted by molar-refractivity contribution is 7.98. The summed E-state index contributed by atoms with van der Waals surface area (Å²) in [7, 11) is 0. The number of phenolic OH excluding ortho intramolecular Hbond substituents is 1. The average Bonchev–Trinajstić information content (AvgIpc) is 3.37. The van der Waals surface area contributed by atoms with E-state index >= 15 is 0 Å². The second-order valence-electron chi connectivity index (χ2n) is 18.3. The van der Waals surface area contributed by atoms with Crippen molar-refractivity contribution in [1.29, 1.82) is 0 Å². The second-order valence-corrected chi connectivity index (χ2v) is 19.3. The van der Waals surface area contributed by atoms with Crippen molar-refractivity contribution < 1.29 is 63.3 Å². The zero-order valence-corrected chi connectivity index (χ0v) is 44.8. The van der Waals surface area contributed by atoms with E-state index in [4.69, 9.17) is 28.7 Å². The summed E-state index contributed by atoms with van der Waals surface area (Å²) in [4.78, 5) is 141. The molecule has 0 saturated heterocycles. The van der Waals surface area contributed by atoms with Crippen molar-refractivity contribution in [3.05, 3.63) is 65.7 Å². The van der Waals surface area contributed by atoms with Crippen molar-refractivity contribution in [1.82, 2.24) is 42.5 Å². The molecule has 2 aromatic carbocycles. The van der Waals surface area contributed by atoms with Gasteiger partial charge in [0.1, 0.15) is 48.0 Å². The van der Waals surface area contributed by atoms with Crippen LogP contribution < -0.4 is 71.2 Å². The summed E-state index contributed by atoms with van der Waals surface area (Å²) >= 11 is 1.35. The zero-order chi connectivity index (χ0) is 58.5. The minimum atomic E-state index is -1.88. The van der Waals surface area contributed by atoms with Crippen LogP contribution >= 0.6 is 11.8 Å². The molecular weight excluding hydrogens is 1040 g/mol. The average molecular weight is 1110 g/mol. The molecule has 0 aliphatic rings. The fourth-order valence-corrected chi connectivity index (χ4v) is 7.73. The molecule has 2 aromatic rings. The van der Waals surface area contributed by atoms with Crippen molar-refractivity contribution in [3.8, 4) is 5.75 Å². The first-order valence-corrected chi connectivity index (χ1v) is 26.2. The molecule has 0 unspecified atom stereocenters. The number of hydrogen-bond donors (Lipinski definition) is 16. The minimum Gasteiger partial charge on any atom is -0.508 e. The highest BCUT2D eigenvalue weighted by Gasteiger charge is 2.35. The van der Waals surface area contributed by atoms with Gasteiger partial charge in [-0.3, -0.25) is 53.1 Å². The Balaban J connectivity index is 2.34. The van der Waals surface area contributed by atoms with Gasteiger partial charge in [-0.1, -0.05) is 56.3 Å². The SMILES string of the molecule is CSCC[C@H](NC(=O)[C@H](Cc1ccccc1)NC(=O)[C@H](CC(=O)O)NC(=O)[C@H](Cc1ccc(O)cc1)NC(=O)[C@H](C)NC(=O)CNC(=O)[C@H](CCCN=C(N)N)NC(=O)[C@@H](N)CCCN=C(N)N)C(=O)N[C@H](C(=O)O)C(C)C. The van der Waals surface area contributed by atoms with Crippen LogP contribution in [0.5, 0.6) is 5.75 Å². The van der Waals surface area contributed by atoms with E-state index in [9.17, 15) is 63.3 Å². The molecule has 29 heteroatoms. The van der Waals surface area contributed by atoms with E-state index < -0.39 is 126 Å². The van der Waals surface area contributed by atoms with Gasteiger partial charge in [0.15, 0.2) is 11.9 Å².